The predicted octanol–water partition coefficient (Wildman–Crippen LogP) is 2.22. The number of nitrogens with one attached hydrogen (secondary N) is 2. The Labute approximate surface area is 124 Å². The number of hydrogen-bond acceptors (Lipinski definition) is 4. The molecule has 0 rings (SSSR count). The van der Waals surface area contributed by atoms with Gasteiger partial charge >= 0.3 is 6.09 Å². The van der Waals surface area contributed by atoms with Crippen molar-refractivity contribution < 1.29 is 9.53 Å². The van der Waals surface area contributed by atoms with Gasteiger partial charge in [0.1, 0.15) is 5.60 Å². The fraction of sp³-hybridized carbons (Fsp3) is 0.933. The highest BCUT2D eigenvalue weighted by atomic mass is 16.6. The van der Waals surface area contributed by atoms with Crippen LogP contribution in [0.4, 0.5) is 4.79 Å². The Morgan fingerprint density at radius 3 is 2.15 bits per heavy atom. The van der Waals surface area contributed by atoms with Gasteiger partial charge in [0, 0.05) is 32.2 Å². The van der Waals surface area contributed by atoms with E-state index < -0.39 is 5.60 Å². The summed E-state index contributed by atoms with van der Waals surface area (Å²) in [5.74, 6) is 0. The first-order valence-electron chi connectivity index (χ1n) is 7.41. The van der Waals surface area contributed by atoms with Crippen LogP contribution in [0.3, 0.4) is 0 Å². The molecule has 0 aliphatic carbocycles. The van der Waals surface area contributed by atoms with Crippen LogP contribution in [0.25, 0.3) is 0 Å². The number of nitrogens with zero attached hydrogens (tertiary/aromatic N) is 1. The third-order valence-corrected chi connectivity index (χ3v) is 2.51. The molecule has 5 heteroatoms. The van der Waals surface area contributed by atoms with Crippen LogP contribution >= 0.6 is 0 Å². The maximum atomic E-state index is 11.7. The molecule has 0 saturated carbocycles. The van der Waals surface area contributed by atoms with E-state index >= 15 is 0 Å². The molecular formula is C15H33N3O2. The van der Waals surface area contributed by atoms with E-state index in [4.69, 9.17) is 4.74 Å². The highest BCUT2D eigenvalue weighted by Gasteiger charge is 2.18. The molecule has 0 unspecified atom stereocenters. The zero-order valence-electron chi connectivity index (χ0n) is 14.3. The fourth-order valence-electron chi connectivity index (χ4n) is 1.52. The largest absolute Gasteiger partial charge is 0.444 e. The standard InChI is InChI=1S/C15H33N3O2/c1-14(2,3)17-11-10-16-9-8-12-18(7)13(19)20-15(4,5)6/h16-17H,8-12H2,1-7H3. The van der Waals surface area contributed by atoms with Crippen molar-refractivity contribution in [1.82, 2.24) is 15.5 Å². The summed E-state index contributed by atoms with van der Waals surface area (Å²) >= 11 is 0. The van der Waals surface area contributed by atoms with Crippen LogP contribution < -0.4 is 10.6 Å². The van der Waals surface area contributed by atoms with Crippen LogP contribution in [-0.4, -0.2) is 55.4 Å². The number of amides is 1. The molecule has 2 N–H and O–H groups in total. The zero-order chi connectivity index (χ0) is 15.8. The van der Waals surface area contributed by atoms with Gasteiger partial charge in [-0.3, -0.25) is 0 Å². The molecule has 0 atom stereocenters. The highest BCUT2D eigenvalue weighted by molar-refractivity contribution is 5.67. The summed E-state index contributed by atoms with van der Waals surface area (Å²) in [5.41, 5.74) is -0.263. The smallest absolute Gasteiger partial charge is 0.410 e. The minimum Gasteiger partial charge on any atom is -0.444 e. The van der Waals surface area contributed by atoms with Gasteiger partial charge in [-0.15, -0.1) is 0 Å². The van der Waals surface area contributed by atoms with Crippen molar-refractivity contribution >= 4 is 6.09 Å². The molecule has 0 aromatic heterocycles. The van der Waals surface area contributed by atoms with Gasteiger partial charge in [0.2, 0.25) is 0 Å². The maximum Gasteiger partial charge on any atom is 0.410 e. The van der Waals surface area contributed by atoms with E-state index in [1.54, 1.807) is 11.9 Å². The molecule has 0 heterocycles. The number of carbonyl (C=O) groups excluding carboxylic acids is 1. The third-order valence-electron chi connectivity index (χ3n) is 2.51. The van der Waals surface area contributed by atoms with Crippen molar-refractivity contribution in [1.29, 1.82) is 0 Å². The Hall–Kier alpha value is -0.810. The van der Waals surface area contributed by atoms with E-state index in [0.717, 1.165) is 26.1 Å². The predicted molar refractivity (Wildman–Crippen MR) is 84.1 cm³/mol. The molecule has 0 radical (unpaired) electrons. The van der Waals surface area contributed by atoms with Gasteiger partial charge in [0.15, 0.2) is 0 Å². The topological polar surface area (TPSA) is 53.6 Å². The molecule has 0 bridgehead atoms. The Morgan fingerprint density at radius 1 is 1.05 bits per heavy atom. The molecular weight excluding hydrogens is 254 g/mol. The maximum absolute atomic E-state index is 11.7. The summed E-state index contributed by atoms with van der Waals surface area (Å²) in [5, 5.41) is 6.78. The first-order valence-corrected chi connectivity index (χ1v) is 7.41. The summed E-state index contributed by atoms with van der Waals surface area (Å²) in [4.78, 5) is 13.3. The van der Waals surface area contributed by atoms with Crippen LogP contribution in [-0.2, 0) is 4.74 Å². The minimum absolute atomic E-state index is 0.165. The normalized spacial score (nSPS) is 12.3. The van der Waals surface area contributed by atoms with E-state index in [2.05, 4.69) is 31.4 Å². The summed E-state index contributed by atoms with van der Waals surface area (Å²) in [6.45, 7) is 15.6. The van der Waals surface area contributed by atoms with E-state index in [1.165, 1.54) is 0 Å². The van der Waals surface area contributed by atoms with Crippen LogP contribution in [0, 0.1) is 0 Å². The summed E-state index contributed by atoms with van der Waals surface area (Å²) in [6, 6.07) is 0. The monoisotopic (exact) mass is 287 g/mol. The van der Waals surface area contributed by atoms with E-state index in [0.29, 0.717) is 6.54 Å². The van der Waals surface area contributed by atoms with Crippen LogP contribution in [0.5, 0.6) is 0 Å². The second kappa shape index (κ2) is 8.47. The minimum atomic E-state index is -0.428. The zero-order valence-corrected chi connectivity index (χ0v) is 14.3. The van der Waals surface area contributed by atoms with Gasteiger partial charge in [-0.25, -0.2) is 4.79 Å². The van der Waals surface area contributed by atoms with Crippen molar-refractivity contribution in [2.24, 2.45) is 0 Å². The van der Waals surface area contributed by atoms with Gasteiger partial charge in [0.25, 0.3) is 0 Å². The van der Waals surface area contributed by atoms with Gasteiger partial charge in [-0.2, -0.15) is 0 Å². The molecule has 0 aliphatic rings. The Balaban J connectivity index is 3.58. The molecule has 0 saturated heterocycles. The Morgan fingerprint density at radius 2 is 1.65 bits per heavy atom. The first kappa shape index (κ1) is 19.2. The lowest BCUT2D eigenvalue weighted by Crippen LogP contribution is -2.40. The van der Waals surface area contributed by atoms with Crippen LogP contribution in [0.15, 0.2) is 0 Å². The second-order valence-electron chi connectivity index (χ2n) is 7.18. The molecule has 120 valence electrons. The molecule has 0 fully saturated rings. The Bertz CT molecular complexity index is 280. The van der Waals surface area contributed by atoms with E-state index in [1.807, 2.05) is 20.8 Å². The van der Waals surface area contributed by atoms with Crippen molar-refractivity contribution in [2.45, 2.75) is 59.1 Å². The fourth-order valence-corrected chi connectivity index (χ4v) is 1.52. The van der Waals surface area contributed by atoms with E-state index in [9.17, 15) is 4.79 Å². The van der Waals surface area contributed by atoms with Gasteiger partial charge < -0.3 is 20.3 Å². The molecule has 5 nitrogen and oxygen atoms in total. The average Bonchev–Trinajstić information content (AvgIpc) is 2.23. The number of rotatable bonds is 7. The molecule has 0 aromatic carbocycles. The first-order chi connectivity index (χ1) is 9.01. The summed E-state index contributed by atoms with van der Waals surface area (Å²) in [6.07, 6.45) is 0.664. The van der Waals surface area contributed by atoms with Gasteiger partial charge in [-0.05, 0) is 54.5 Å². The Kier molecular flexibility index (Phi) is 8.13. The van der Waals surface area contributed by atoms with Crippen molar-refractivity contribution in [3.05, 3.63) is 0 Å². The van der Waals surface area contributed by atoms with Crippen LogP contribution in [0.2, 0.25) is 0 Å². The van der Waals surface area contributed by atoms with Gasteiger partial charge in [0.05, 0.1) is 0 Å². The third kappa shape index (κ3) is 12.2. The lowest BCUT2D eigenvalue weighted by atomic mass is 10.1. The molecule has 20 heavy (non-hydrogen) atoms. The van der Waals surface area contributed by atoms with Gasteiger partial charge in [-0.1, -0.05) is 0 Å². The SMILES string of the molecule is CN(CCCNCCNC(C)(C)C)C(=O)OC(C)(C)C. The number of hydrogen-bond donors (Lipinski definition) is 2. The molecule has 0 aliphatic heterocycles. The van der Waals surface area contributed by atoms with Crippen molar-refractivity contribution in [2.75, 3.05) is 33.2 Å². The average molecular weight is 287 g/mol. The lowest BCUT2D eigenvalue weighted by molar-refractivity contribution is 0.0297. The van der Waals surface area contributed by atoms with E-state index in [-0.39, 0.29) is 11.6 Å². The number of ether oxygens (including phenoxy) is 1. The summed E-state index contributed by atoms with van der Waals surface area (Å²) in [7, 11) is 1.77. The van der Waals surface area contributed by atoms with Crippen LogP contribution in [0.1, 0.15) is 48.0 Å². The summed E-state index contributed by atoms with van der Waals surface area (Å²) < 4.78 is 5.29. The highest BCUT2D eigenvalue weighted by Crippen LogP contribution is 2.08. The molecule has 0 aromatic rings. The second-order valence-corrected chi connectivity index (χ2v) is 7.18. The quantitative estimate of drug-likeness (QED) is 0.705. The number of carbonyl (C=O) groups is 1. The molecule has 0 spiro atoms. The molecule has 1 amide bonds. The van der Waals surface area contributed by atoms with Crippen molar-refractivity contribution in [3.63, 3.8) is 0 Å². The van der Waals surface area contributed by atoms with Crippen molar-refractivity contribution in [3.8, 4) is 0 Å². The lowest BCUT2D eigenvalue weighted by Gasteiger charge is -2.24.